The highest BCUT2D eigenvalue weighted by Crippen LogP contribution is 2.23. The van der Waals surface area contributed by atoms with Gasteiger partial charge in [-0.3, -0.25) is 4.79 Å². The van der Waals surface area contributed by atoms with Crippen LogP contribution in [0.15, 0.2) is 71.2 Å². The van der Waals surface area contributed by atoms with Gasteiger partial charge in [-0.25, -0.2) is 0 Å². The zero-order chi connectivity index (χ0) is 20.6. The number of thioether (sulfide) groups is 1. The van der Waals surface area contributed by atoms with Gasteiger partial charge in [0.1, 0.15) is 6.04 Å². The first-order valence-electron chi connectivity index (χ1n) is 10.0. The summed E-state index contributed by atoms with van der Waals surface area (Å²) in [4.78, 5) is 14.7. The topological polar surface area (TPSA) is 71.3 Å². The lowest BCUT2D eigenvalue weighted by molar-refractivity contribution is -0.117. The lowest BCUT2D eigenvalue weighted by atomic mass is 10.1. The Morgan fingerprint density at radius 2 is 1.77 bits per heavy atom. The second-order valence-corrected chi connectivity index (χ2v) is 8.24. The molecule has 6 nitrogen and oxygen atoms in total. The number of anilines is 1. The molecule has 4 rings (SSSR count). The summed E-state index contributed by atoms with van der Waals surface area (Å²) in [6.45, 7) is 1.78. The molecule has 2 aromatic carbocycles. The molecule has 0 saturated carbocycles. The van der Waals surface area contributed by atoms with Crippen molar-refractivity contribution in [1.82, 2.24) is 15.5 Å². The number of amides is 1. The molecule has 1 amide bonds. The van der Waals surface area contributed by atoms with Crippen molar-refractivity contribution < 1.29 is 9.21 Å². The van der Waals surface area contributed by atoms with Crippen molar-refractivity contribution in [2.75, 3.05) is 29.5 Å². The third-order valence-electron chi connectivity index (χ3n) is 4.84. The average Bonchev–Trinajstić information content (AvgIpc) is 3.30. The van der Waals surface area contributed by atoms with Gasteiger partial charge in [0.25, 0.3) is 0 Å². The van der Waals surface area contributed by atoms with Crippen molar-refractivity contribution in [3.63, 3.8) is 0 Å². The highest BCUT2D eigenvalue weighted by molar-refractivity contribution is 7.99. The fourth-order valence-electron chi connectivity index (χ4n) is 3.26. The van der Waals surface area contributed by atoms with Gasteiger partial charge in [-0.1, -0.05) is 65.8 Å². The van der Waals surface area contributed by atoms with Crippen molar-refractivity contribution in [1.29, 1.82) is 0 Å². The molecule has 1 aromatic heterocycles. The van der Waals surface area contributed by atoms with Crippen LogP contribution in [0.25, 0.3) is 6.08 Å². The lowest BCUT2D eigenvalue weighted by Crippen LogP contribution is -2.32. The number of aromatic nitrogens is 2. The summed E-state index contributed by atoms with van der Waals surface area (Å²) in [5.74, 6) is 2.32. The van der Waals surface area contributed by atoms with Crippen LogP contribution >= 0.6 is 11.8 Å². The highest BCUT2D eigenvalue weighted by atomic mass is 32.2. The maximum Gasteiger partial charge on any atom is 0.318 e. The SMILES string of the molecule is O=C(C=Cc1ccccc1)NC(Cc1ccccc1)c1nnc(N2CCSCC2)o1. The number of carbonyl (C=O) groups is 1. The third kappa shape index (κ3) is 5.51. The molecule has 154 valence electrons. The van der Waals surface area contributed by atoms with E-state index in [-0.39, 0.29) is 5.91 Å². The fourth-order valence-corrected chi connectivity index (χ4v) is 4.16. The molecule has 1 aliphatic rings. The summed E-state index contributed by atoms with van der Waals surface area (Å²) < 4.78 is 5.98. The molecule has 1 saturated heterocycles. The lowest BCUT2D eigenvalue weighted by Gasteiger charge is -2.24. The van der Waals surface area contributed by atoms with E-state index >= 15 is 0 Å². The van der Waals surface area contributed by atoms with E-state index in [1.165, 1.54) is 6.08 Å². The van der Waals surface area contributed by atoms with Crippen molar-refractivity contribution in [2.45, 2.75) is 12.5 Å². The number of nitrogens with zero attached hydrogens (tertiary/aromatic N) is 3. The van der Waals surface area contributed by atoms with Gasteiger partial charge < -0.3 is 14.6 Å². The smallest absolute Gasteiger partial charge is 0.318 e. The Morgan fingerprint density at radius 3 is 2.50 bits per heavy atom. The van der Waals surface area contributed by atoms with Gasteiger partial charge in [0, 0.05) is 37.1 Å². The van der Waals surface area contributed by atoms with Crippen LogP contribution in [0, 0.1) is 0 Å². The second-order valence-electron chi connectivity index (χ2n) is 7.02. The molecule has 30 heavy (non-hydrogen) atoms. The minimum absolute atomic E-state index is 0.200. The number of hydrogen-bond acceptors (Lipinski definition) is 6. The molecule has 1 unspecified atom stereocenters. The van der Waals surface area contributed by atoms with Gasteiger partial charge in [-0.2, -0.15) is 11.8 Å². The Kier molecular flexibility index (Phi) is 6.82. The van der Waals surface area contributed by atoms with Crippen LogP contribution in [0.5, 0.6) is 0 Å². The zero-order valence-electron chi connectivity index (χ0n) is 16.6. The minimum Gasteiger partial charge on any atom is -0.406 e. The monoisotopic (exact) mass is 420 g/mol. The highest BCUT2D eigenvalue weighted by Gasteiger charge is 2.23. The van der Waals surface area contributed by atoms with Crippen molar-refractivity contribution in [3.05, 3.63) is 83.8 Å². The summed E-state index contributed by atoms with van der Waals surface area (Å²) in [5, 5.41) is 11.5. The quantitative estimate of drug-likeness (QED) is 0.587. The molecule has 0 aliphatic carbocycles. The number of hydrogen-bond donors (Lipinski definition) is 1. The molecule has 0 spiro atoms. The van der Waals surface area contributed by atoms with Gasteiger partial charge in [0.2, 0.25) is 11.8 Å². The molecular formula is C23H24N4O2S. The first-order valence-corrected chi connectivity index (χ1v) is 11.2. The van der Waals surface area contributed by atoms with Crippen LogP contribution in [0.1, 0.15) is 23.1 Å². The van der Waals surface area contributed by atoms with Gasteiger partial charge in [-0.05, 0) is 17.2 Å². The first kappa shape index (κ1) is 20.2. The summed E-state index contributed by atoms with van der Waals surface area (Å²) in [6.07, 6.45) is 3.90. The minimum atomic E-state index is -0.402. The molecule has 1 aliphatic heterocycles. The molecule has 0 bridgehead atoms. The van der Waals surface area contributed by atoms with E-state index in [9.17, 15) is 4.79 Å². The molecule has 3 aromatic rings. The van der Waals surface area contributed by atoms with Gasteiger partial charge in [-0.15, -0.1) is 5.10 Å². The van der Waals surface area contributed by atoms with Crippen molar-refractivity contribution in [3.8, 4) is 0 Å². The molecule has 1 N–H and O–H groups in total. The van der Waals surface area contributed by atoms with Crippen molar-refractivity contribution >= 4 is 29.8 Å². The third-order valence-corrected chi connectivity index (χ3v) is 5.78. The normalized spacial score (nSPS) is 15.3. The van der Waals surface area contributed by atoms with E-state index in [4.69, 9.17) is 4.42 Å². The molecule has 7 heteroatoms. The molecule has 1 atom stereocenters. The van der Waals surface area contributed by atoms with Crippen molar-refractivity contribution in [2.24, 2.45) is 0 Å². The van der Waals surface area contributed by atoms with E-state index in [0.717, 1.165) is 35.7 Å². The van der Waals surface area contributed by atoms with Crippen LogP contribution in [-0.4, -0.2) is 40.7 Å². The maximum atomic E-state index is 12.6. The van der Waals surface area contributed by atoms with E-state index in [1.807, 2.05) is 72.4 Å². The standard InChI is InChI=1S/C23H24N4O2S/c28-21(12-11-18-7-3-1-4-8-18)24-20(17-19-9-5-2-6-10-19)22-25-26-23(29-22)27-13-15-30-16-14-27/h1-12,20H,13-17H2,(H,24,28). The van der Waals surface area contributed by atoms with Gasteiger partial charge in [0.15, 0.2) is 0 Å². The van der Waals surface area contributed by atoms with E-state index < -0.39 is 6.04 Å². The fraction of sp³-hybridized carbons (Fsp3) is 0.261. The van der Waals surface area contributed by atoms with E-state index in [2.05, 4.69) is 20.4 Å². The average molecular weight is 421 g/mol. The number of nitrogens with one attached hydrogen (secondary N) is 1. The van der Waals surface area contributed by atoms with Gasteiger partial charge >= 0.3 is 6.01 Å². The predicted molar refractivity (Wildman–Crippen MR) is 120 cm³/mol. The van der Waals surface area contributed by atoms with E-state index in [1.54, 1.807) is 6.08 Å². The summed E-state index contributed by atoms with van der Waals surface area (Å²) in [5.41, 5.74) is 2.05. The Bertz CT molecular complexity index is 969. The summed E-state index contributed by atoms with van der Waals surface area (Å²) >= 11 is 1.92. The van der Waals surface area contributed by atoms with Crippen LogP contribution in [0.4, 0.5) is 6.01 Å². The van der Waals surface area contributed by atoms with Crippen LogP contribution in [0.3, 0.4) is 0 Å². The Balaban J connectivity index is 1.50. The first-order chi connectivity index (χ1) is 14.8. The molecule has 0 radical (unpaired) electrons. The Morgan fingerprint density at radius 1 is 1.07 bits per heavy atom. The predicted octanol–water partition coefficient (Wildman–Crippen LogP) is 3.74. The second kappa shape index (κ2) is 10.1. The molecule has 1 fully saturated rings. The number of carbonyl (C=O) groups excluding carboxylic acids is 1. The van der Waals surface area contributed by atoms with Crippen LogP contribution < -0.4 is 10.2 Å². The molecule has 2 heterocycles. The summed E-state index contributed by atoms with van der Waals surface area (Å²) in [7, 11) is 0. The van der Waals surface area contributed by atoms with Gasteiger partial charge in [0.05, 0.1) is 0 Å². The Labute approximate surface area is 180 Å². The molecular weight excluding hydrogens is 396 g/mol. The summed E-state index contributed by atoms with van der Waals surface area (Å²) in [6, 6.07) is 19.8. The zero-order valence-corrected chi connectivity index (χ0v) is 17.4. The largest absolute Gasteiger partial charge is 0.406 e. The Hall–Kier alpha value is -3.06. The van der Waals surface area contributed by atoms with Crippen LogP contribution in [0.2, 0.25) is 0 Å². The number of benzene rings is 2. The maximum absolute atomic E-state index is 12.6. The van der Waals surface area contributed by atoms with Crippen LogP contribution in [-0.2, 0) is 11.2 Å². The number of rotatable bonds is 7. The van der Waals surface area contributed by atoms with E-state index in [0.29, 0.717) is 18.3 Å².